The number of carbonyl (C=O) groups is 1. The van der Waals surface area contributed by atoms with Crippen molar-refractivity contribution in [3.8, 4) is 5.75 Å². The molecule has 0 saturated carbocycles. The van der Waals surface area contributed by atoms with Crippen LogP contribution >= 0.6 is 12.2 Å². The Morgan fingerprint density at radius 2 is 1.79 bits per heavy atom. The van der Waals surface area contributed by atoms with Gasteiger partial charge in [-0.3, -0.25) is 10.1 Å². The van der Waals surface area contributed by atoms with E-state index >= 15 is 0 Å². The molecule has 1 amide bonds. The summed E-state index contributed by atoms with van der Waals surface area (Å²) in [4.78, 5) is 14.8. The number of hydrogen-bond acceptors (Lipinski definition) is 4. The van der Waals surface area contributed by atoms with Crippen molar-refractivity contribution in [1.82, 2.24) is 5.32 Å². The Bertz CT molecular complexity index is 802. The summed E-state index contributed by atoms with van der Waals surface area (Å²) in [7, 11) is 0. The normalized spacial score (nSPS) is 10.5. The van der Waals surface area contributed by atoms with Crippen LogP contribution in [0.4, 0.5) is 11.4 Å². The summed E-state index contributed by atoms with van der Waals surface area (Å²) in [6.07, 6.45) is 0.970. The van der Waals surface area contributed by atoms with Crippen molar-refractivity contribution in [2.75, 3.05) is 29.9 Å². The molecule has 0 heterocycles. The Morgan fingerprint density at radius 3 is 2.41 bits per heavy atom. The lowest BCUT2D eigenvalue weighted by Gasteiger charge is -2.21. The van der Waals surface area contributed by atoms with Crippen molar-refractivity contribution in [2.45, 2.75) is 34.1 Å². The zero-order valence-electron chi connectivity index (χ0n) is 17.7. The maximum Gasteiger partial charge on any atom is 0.257 e. The largest absolute Gasteiger partial charge is 0.494 e. The van der Waals surface area contributed by atoms with E-state index < -0.39 is 0 Å². The Labute approximate surface area is 179 Å². The van der Waals surface area contributed by atoms with E-state index in [2.05, 4.69) is 43.2 Å². The molecule has 5 nitrogen and oxygen atoms in total. The first-order chi connectivity index (χ1) is 13.9. The minimum absolute atomic E-state index is 0.261. The molecule has 0 aliphatic heterocycles. The topological polar surface area (TPSA) is 53.6 Å². The van der Waals surface area contributed by atoms with Crippen LogP contribution in [0.2, 0.25) is 0 Å². The molecule has 0 bridgehead atoms. The zero-order chi connectivity index (χ0) is 21.2. The number of hydrogen-bond donors (Lipinski definition) is 2. The molecule has 0 radical (unpaired) electrons. The Hall–Kier alpha value is -2.60. The monoisotopic (exact) mass is 413 g/mol. The molecule has 29 heavy (non-hydrogen) atoms. The molecular formula is C23H31N3O2S. The average molecular weight is 414 g/mol. The molecule has 0 atom stereocenters. The van der Waals surface area contributed by atoms with Crippen LogP contribution in [-0.2, 0) is 0 Å². The van der Waals surface area contributed by atoms with Crippen LogP contribution in [-0.4, -0.2) is 30.7 Å². The van der Waals surface area contributed by atoms with Gasteiger partial charge in [-0.1, -0.05) is 19.9 Å². The summed E-state index contributed by atoms with van der Waals surface area (Å²) < 4.78 is 5.72. The first-order valence-corrected chi connectivity index (χ1v) is 10.5. The smallest absolute Gasteiger partial charge is 0.257 e. The van der Waals surface area contributed by atoms with E-state index in [1.54, 1.807) is 12.1 Å². The van der Waals surface area contributed by atoms with Crippen LogP contribution in [0.15, 0.2) is 48.5 Å². The fraction of sp³-hybridized carbons (Fsp3) is 0.391. The van der Waals surface area contributed by atoms with Crippen LogP contribution in [0.3, 0.4) is 0 Å². The quantitative estimate of drug-likeness (QED) is 0.561. The predicted octanol–water partition coefficient (Wildman–Crippen LogP) is 5.08. The highest BCUT2D eigenvalue weighted by molar-refractivity contribution is 7.80. The summed E-state index contributed by atoms with van der Waals surface area (Å²) in [6, 6.07) is 15.1. The lowest BCUT2D eigenvalue weighted by molar-refractivity contribution is 0.0977. The van der Waals surface area contributed by atoms with E-state index in [4.69, 9.17) is 17.0 Å². The number of rotatable bonds is 9. The molecule has 0 aliphatic rings. The average Bonchev–Trinajstić information content (AvgIpc) is 2.70. The second-order valence-electron chi connectivity index (χ2n) is 7.19. The Balaban J connectivity index is 1.91. The molecule has 0 saturated heterocycles. The summed E-state index contributed by atoms with van der Waals surface area (Å²) >= 11 is 5.29. The fourth-order valence-corrected chi connectivity index (χ4v) is 3.03. The van der Waals surface area contributed by atoms with Crippen molar-refractivity contribution < 1.29 is 9.53 Å². The highest BCUT2D eigenvalue weighted by atomic mass is 32.1. The van der Waals surface area contributed by atoms with Gasteiger partial charge in [0.1, 0.15) is 5.75 Å². The second-order valence-corrected chi connectivity index (χ2v) is 7.59. The number of nitrogens with zero attached hydrogens (tertiary/aromatic N) is 1. The van der Waals surface area contributed by atoms with Gasteiger partial charge in [0.15, 0.2) is 5.11 Å². The molecule has 2 aromatic carbocycles. The Morgan fingerprint density at radius 1 is 1.10 bits per heavy atom. The number of carbonyl (C=O) groups excluding carboxylic acids is 1. The molecule has 6 heteroatoms. The van der Waals surface area contributed by atoms with Gasteiger partial charge >= 0.3 is 0 Å². The first-order valence-electron chi connectivity index (χ1n) is 10.1. The zero-order valence-corrected chi connectivity index (χ0v) is 18.5. The standard InChI is InChI=1S/C23H31N3O2S/c1-5-26(6-2)20-12-10-19(11-13-20)24-23(29)25-22(27)18-8-7-9-21(16-18)28-15-14-17(3)4/h7-13,16-17H,5-6,14-15H2,1-4H3,(H2,24,25,27,29). The second kappa shape index (κ2) is 11.4. The van der Waals surface area contributed by atoms with Crippen LogP contribution in [0.5, 0.6) is 5.75 Å². The summed E-state index contributed by atoms with van der Waals surface area (Å²) in [5.41, 5.74) is 2.50. The van der Waals surface area contributed by atoms with E-state index in [9.17, 15) is 4.79 Å². The molecule has 0 spiro atoms. The van der Waals surface area contributed by atoms with E-state index in [0.29, 0.717) is 23.8 Å². The van der Waals surface area contributed by atoms with Crippen LogP contribution in [0.1, 0.15) is 44.5 Å². The summed E-state index contributed by atoms with van der Waals surface area (Å²) in [5, 5.41) is 6.04. The minimum Gasteiger partial charge on any atom is -0.494 e. The first kappa shape index (κ1) is 22.7. The highest BCUT2D eigenvalue weighted by Gasteiger charge is 2.10. The van der Waals surface area contributed by atoms with Gasteiger partial charge in [-0.15, -0.1) is 0 Å². The Kier molecular flexibility index (Phi) is 8.93. The van der Waals surface area contributed by atoms with Gasteiger partial charge in [-0.25, -0.2) is 0 Å². The van der Waals surface area contributed by atoms with E-state index in [1.807, 2.05) is 36.4 Å². The SMILES string of the molecule is CCN(CC)c1ccc(NC(=S)NC(=O)c2cccc(OCCC(C)C)c2)cc1. The number of nitrogens with one attached hydrogen (secondary N) is 2. The van der Waals surface area contributed by atoms with Gasteiger partial charge in [0.25, 0.3) is 5.91 Å². The predicted molar refractivity (Wildman–Crippen MR) is 125 cm³/mol. The van der Waals surface area contributed by atoms with Gasteiger partial charge in [-0.05, 0) is 80.9 Å². The summed E-state index contributed by atoms with van der Waals surface area (Å²) in [6.45, 7) is 11.1. The number of thiocarbonyl (C=S) groups is 1. The van der Waals surface area contributed by atoms with E-state index in [0.717, 1.165) is 30.9 Å². The molecule has 0 aromatic heterocycles. The van der Waals surface area contributed by atoms with Crippen molar-refractivity contribution in [2.24, 2.45) is 5.92 Å². The fourth-order valence-electron chi connectivity index (χ4n) is 2.82. The third kappa shape index (κ3) is 7.38. The third-order valence-corrected chi connectivity index (χ3v) is 4.75. The van der Waals surface area contributed by atoms with Crippen molar-refractivity contribution in [3.63, 3.8) is 0 Å². The van der Waals surface area contributed by atoms with Gasteiger partial charge in [-0.2, -0.15) is 0 Å². The van der Waals surface area contributed by atoms with Crippen LogP contribution < -0.4 is 20.3 Å². The molecular weight excluding hydrogens is 382 g/mol. The maximum atomic E-state index is 12.5. The highest BCUT2D eigenvalue weighted by Crippen LogP contribution is 2.18. The molecule has 0 fully saturated rings. The molecule has 2 N–H and O–H groups in total. The van der Waals surface area contributed by atoms with Crippen molar-refractivity contribution >= 4 is 34.6 Å². The molecule has 2 rings (SSSR count). The number of ether oxygens (including phenoxy) is 1. The molecule has 0 unspecified atom stereocenters. The van der Waals surface area contributed by atoms with Gasteiger partial charge < -0.3 is 15.0 Å². The molecule has 156 valence electrons. The lowest BCUT2D eigenvalue weighted by Crippen LogP contribution is -2.34. The van der Waals surface area contributed by atoms with Crippen LogP contribution in [0, 0.1) is 5.92 Å². The van der Waals surface area contributed by atoms with E-state index in [1.165, 1.54) is 0 Å². The van der Waals surface area contributed by atoms with Crippen molar-refractivity contribution in [3.05, 3.63) is 54.1 Å². The molecule has 2 aromatic rings. The number of benzene rings is 2. The van der Waals surface area contributed by atoms with Gasteiger partial charge in [0.05, 0.1) is 6.61 Å². The maximum absolute atomic E-state index is 12.5. The van der Waals surface area contributed by atoms with Crippen molar-refractivity contribution in [1.29, 1.82) is 0 Å². The minimum atomic E-state index is -0.267. The number of amides is 1. The number of anilines is 2. The van der Waals surface area contributed by atoms with Gasteiger partial charge in [0, 0.05) is 30.0 Å². The van der Waals surface area contributed by atoms with E-state index in [-0.39, 0.29) is 11.0 Å². The summed E-state index contributed by atoms with van der Waals surface area (Å²) in [5.74, 6) is 0.992. The third-order valence-electron chi connectivity index (χ3n) is 4.54. The van der Waals surface area contributed by atoms with Gasteiger partial charge in [0.2, 0.25) is 0 Å². The molecule has 0 aliphatic carbocycles. The van der Waals surface area contributed by atoms with Crippen LogP contribution in [0.25, 0.3) is 0 Å². The lowest BCUT2D eigenvalue weighted by atomic mass is 10.1.